The molecule has 7 nitrogen and oxygen atoms in total. The normalized spacial score (nSPS) is 16.9. The van der Waals surface area contributed by atoms with Crippen molar-refractivity contribution in [1.29, 1.82) is 0 Å². The van der Waals surface area contributed by atoms with Gasteiger partial charge in [0.2, 0.25) is 17.8 Å². The Hall–Kier alpha value is -1.63. The lowest BCUT2D eigenvalue weighted by Gasteiger charge is -2.29. The van der Waals surface area contributed by atoms with Gasteiger partial charge in [-0.2, -0.15) is 15.0 Å². The molecular weight excluding hydrogens is 268 g/mol. The first-order valence-corrected chi connectivity index (χ1v) is 7.63. The zero-order chi connectivity index (χ0) is 15.5. The minimum atomic E-state index is -0.521. The van der Waals surface area contributed by atoms with Gasteiger partial charge in [-0.15, -0.1) is 0 Å². The minimum Gasteiger partial charge on any atom is -0.391 e. The molecule has 0 aromatic carbocycles. The van der Waals surface area contributed by atoms with Crippen LogP contribution in [0.15, 0.2) is 0 Å². The molecule has 7 heteroatoms. The molecular formula is C14H26N6O. The Labute approximate surface area is 126 Å². The van der Waals surface area contributed by atoms with E-state index in [9.17, 15) is 5.11 Å². The highest BCUT2D eigenvalue weighted by Gasteiger charge is 2.26. The summed E-state index contributed by atoms with van der Waals surface area (Å²) in [7, 11) is 0. The molecule has 1 aromatic heterocycles. The highest BCUT2D eigenvalue weighted by molar-refractivity contribution is 5.45. The molecule has 0 radical (unpaired) electrons. The lowest BCUT2D eigenvalue weighted by molar-refractivity contribution is 0.132. The standard InChI is InChI=1S/C14H26N6O/c1-5-15-11-16-12(19-14(3,4)10(2)21)18-13(17-11)20-8-6-7-9-20/h10,21H,5-9H2,1-4H3,(H2,15,16,17,18,19). The predicted molar refractivity (Wildman–Crippen MR) is 84.8 cm³/mol. The molecule has 21 heavy (non-hydrogen) atoms. The SMILES string of the molecule is CCNc1nc(NC(C)(C)C(C)O)nc(N2CCCC2)n1. The zero-order valence-corrected chi connectivity index (χ0v) is 13.3. The van der Waals surface area contributed by atoms with Crippen molar-refractivity contribution in [3.8, 4) is 0 Å². The second-order valence-corrected chi connectivity index (χ2v) is 6.03. The first kappa shape index (κ1) is 15.8. The van der Waals surface area contributed by atoms with Gasteiger partial charge in [-0.25, -0.2) is 0 Å². The number of nitrogens with zero attached hydrogens (tertiary/aromatic N) is 4. The maximum absolute atomic E-state index is 9.84. The fraction of sp³-hybridized carbons (Fsp3) is 0.786. The molecule has 0 bridgehead atoms. The van der Waals surface area contributed by atoms with E-state index in [1.807, 2.05) is 20.8 Å². The molecule has 118 valence electrons. The van der Waals surface area contributed by atoms with Gasteiger partial charge in [-0.1, -0.05) is 0 Å². The smallest absolute Gasteiger partial charge is 0.231 e. The van der Waals surface area contributed by atoms with Gasteiger partial charge in [-0.3, -0.25) is 0 Å². The second kappa shape index (κ2) is 6.43. The fourth-order valence-electron chi connectivity index (χ4n) is 2.11. The van der Waals surface area contributed by atoms with Gasteiger partial charge in [0.15, 0.2) is 0 Å². The van der Waals surface area contributed by atoms with E-state index in [1.54, 1.807) is 6.92 Å². The Balaban J connectivity index is 2.26. The average molecular weight is 294 g/mol. The quantitative estimate of drug-likeness (QED) is 0.732. The molecule has 1 atom stereocenters. The van der Waals surface area contributed by atoms with Crippen LogP contribution in [-0.2, 0) is 0 Å². The summed E-state index contributed by atoms with van der Waals surface area (Å²) in [4.78, 5) is 15.5. The van der Waals surface area contributed by atoms with Crippen molar-refractivity contribution in [2.75, 3.05) is 35.2 Å². The van der Waals surface area contributed by atoms with Gasteiger partial charge >= 0.3 is 0 Å². The molecule has 2 rings (SSSR count). The molecule has 1 aromatic rings. The van der Waals surface area contributed by atoms with Crippen molar-refractivity contribution in [2.45, 2.75) is 52.2 Å². The van der Waals surface area contributed by atoms with Gasteiger partial charge < -0.3 is 20.6 Å². The van der Waals surface area contributed by atoms with E-state index in [2.05, 4.69) is 30.5 Å². The van der Waals surface area contributed by atoms with Crippen molar-refractivity contribution in [2.24, 2.45) is 0 Å². The molecule has 3 N–H and O–H groups in total. The lowest BCUT2D eigenvalue weighted by Crippen LogP contribution is -2.42. The Morgan fingerprint density at radius 1 is 1.19 bits per heavy atom. The maximum Gasteiger partial charge on any atom is 0.231 e. The van der Waals surface area contributed by atoms with Crippen molar-refractivity contribution in [3.05, 3.63) is 0 Å². The summed E-state index contributed by atoms with van der Waals surface area (Å²) in [5.74, 6) is 1.76. The van der Waals surface area contributed by atoms with Gasteiger partial charge in [0.25, 0.3) is 0 Å². The van der Waals surface area contributed by atoms with Crippen molar-refractivity contribution in [3.63, 3.8) is 0 Å². The van der Waals surface area contributed by atoms with Crippen LogP contribution in [-0.4, -0.2) is 51.3 Å². The Bertz CT molecular complexity index is 471. The molecule has 0 spiro atoms. The number of nitrogens with one attached hydrogen (secondary N) is 2. The summed E-state index contributed by atoms with van der Waals surface area (Å²) in [6.07, 6.45) is 1.82. The van der Waals surface area contributed by atoms with Crippen LogP contribution in [0.2, 0.25) is 0 Å². The number of hydrogen-bond donors (Lipinski definition) is 3. The zero-order valence-electron chi connectivity index (χ0n) is 13.3. The molecule has 1 unspecified atom stereocenters. The Morgan fingerprint density at radius 2 is 1.81 bits per heavy atom. The first-order valence-electron chi connectivity index (χ1n) is 7.63. The van der Waals surface area contributed by atoms with Crippen LogP contribution in [0.5, 0.6) is 0 Å². The van der Waals surface area contributed by atoms with Crippen LogP contribution < -0.4 is 15.5 Å². The molecule has 0 saturated carbocycles. The molecule has 2 heterocycles. The largest absolute Gasteiger partial charge is 0.391 e. The van der Waals surface area contributed by atoms with E-state index in [0.29, 0.717) is 17.8 Å². The molecule has 1 aliphatic rings. The van der Waals surface area contributed by atoms with Crippen LogP contribution in [0, 0.1) is 0 Å². The summed E-state index contributed by atoms with van der Waals surface area (Å²) in [6.45, 7) is 10.3. The first-order chi connectivity index (χ1) is 9.92. The average Bonchev–Trinajstić information content (AvgIpc) is 2.92. The van der Waals surface area contributed by atoms with Gasteiger partial charge in [-0.05, 0) is 40.5 Å². The van der Waals surface area contributed by atoms with Crippen LogP contribution in [0.1, 0.15) is 40.5 Å². The minimum absolute atomic E-state index is 0.494. The van der Waals surface area contributed by atoms with E-state index in [-0.39, 0.29) is 0 Å². The molecule has 1 aliphatic heterocycles. The molecule has 0 aliphatic carbocycles. The summed E-state index contributed by atoms with van der Waals surface area (Å²) < 4.78 is 0. The highest BCUT2D eigenvalue weighted by atomic mass is 16.3. The number of hydrogen-bond acceptors (Lipinski definition) is 7. The fourth-order valence-corrected chi connectivity index (χ4v) is 2.11. The Kier molecular flexibility index (Phi) is 4.82. The van der Waals surface area contributed by atoms with Crippen LogP contribution in [0.25, 0.3) is 0 Å². The van der Waals surface area contributed by atoms with Crippen molar-refractivity contribution in [1.82, 2.24) is 15.0 Å². The van der Waals surface area contributed by atoms with Crippen molar-refractivity contribution < 1.29 is 5.11 Å². The number of aromatic nitrogens is 3. The lowest BCUT2D eigenvalue weighted by atomic mass is 9.99. The third kappa shape index (κ3) is 3.93. The van der Waals surface area contributed by atoms with Crippen LogP contribution >= 0.6 is 0 Å². The number of anilines is 3. The van der Waals surface area contributed by atoms with Crippen LogP contribution in [0.4, 0.5) is 17.8 Å². The van der Waals surface area contributed by atoms with Gasteiger partial charge in [0.05, 0.1) is 11.6 Å². The third-order valence-electron chi connectivity index (χ3n) is 3.83. The maximum atomic E-state index is 9.84. The predicted octanol–water partition coefficient (Wildman–Crippen LogP) is 1.47. The monoisotopic (exact) mass is 294 g/mol. The molecule has 0 amide bonds. The van der Waals surface area contributed by atoms with E-state index in [4.69, 9.17) is 0 Å². The number of rotatable bonds is 6. The summed E-state index contributed by atoms with van der Waals surface area (Å²) in [5.41, 5.74) is -0.507. The molecule has 1 fully saturated rings. The summed E-state index contributed by atoms with van der Waals surface area (Å²) >= 11 is 0. The van der Waals surface area contributed by atoms with Gasteiger partial charge in [0.1, 0.15) is 0 Å². The van der Waals surface area contributed by atoms with Gasteiger partial charge in [0, 0.05) is 19.6 Å². The topological polar surface area (TPSA) is 86.2 Å². The highest BCUT2D eigenvalue weighted by Crippen LogP contribution is 2.21. The summed E-state index contributed by atoms with van der Waals surface area (Å²) in [6, 6.07) is 0. The van der Waals surface area contributed by atoms with Crippen LogP contribution in [0.3, 0.4) is 0 Å². The van der Waals surface area contributed by atoms with E-state index >= 15 is 0 Å². The molecule has 1 saturated heterocycles. The van der Waals surface area contributed by atoms with Crippen molar-refractivity contribution >= 4 is 17.8 Å². The second-order valence-electron chi connectivity index (χ2n) is 6.03. The summed E-state index contributed by atoms with van der Waals surface area (Å²) in [5, 5.41) is 16.2. The number of aliphatic hydroxyl groups is 1. The Morgan fingerprint density at radius 3 is 2.38 bits per heavy atom. The van der Waals surface area contributed by atoms with E-state index < -0.39 is 11.6 Å². The van der Waals surface area contributed by atoms with E-state index in [0.717, 1.165) is 19.6 Å². The third-order valence-corrected chi connectivity index (χ3v) is 3.83. The number of aliphatic hydroxyl groups excluding tert-OH is 1. The van der Waals surface area contributed by atoms with E-state index in [1.165, 1.54) is 12.8 Å².